The summed E-state index contributed by atoms with van der Waals surface area (Å²) in [5.74, 6) is 0. The van der Waals surface area contributed by atoms with Gasteiger partial charge < -0.3 is 28.9 Å². The molecule has 0 aromatic heterocycles. The third-order valence-electron chi connectivity index (χ3n) is 2.51. The van der Waals surface area contributed by atoms with E-state index in [-0.39, 0.29) is 0 Å². The third-order valence-corrected chi connectivity index (χ3v) is 2.51. The minimum absolute atomic E-state index is 0.782. The van der Waals surface area contributed by atoms with Crippen molar-refractivity contribution in [2.75, 3.05) is 67.8 Å². The molecule has 0 spiro atoms. The number of likely N-dealkylation sites (N-methyl/N-ethyl adjacent to an activating group) is 1. The molecule has 0 aliphatic heterocycles. The number of ether oxygens (including phenoxy) is 3. The van der Waals surface area contributed by atoms with Crippen LogP contribution in [0.15, 0.2) is 0 Å². The molecule has 0 rings (SSSR count). The Hall–Kier alpha value is -0.890. The average molecular weight is 268 g/mol. The van der Waals surface area contributed by atoms with E-state index in [1.807, 2.05) is 0 Å². The van der Waals surface area contributed by atoms with Gasteiger partial charge in [0.1, 0.15) is 19.6 Å². The first-order valence-electron chi connectivity index (χ1n) is 5.64. The predicted octanol–water partition coefficient (Wildman–Crippen LogP) is 0.595. The highest BCUT2D eigenvalue weighted by Crippen LogP contribution is 2.01. The van der Waals surface area contributed by atoms with Gasteiger partial charge in [-0.25, -0.2) is 4.79 Å². The molecule has 7 nitrogen and oxygen atoms in total. The summed E-state index contributed by atoms with van der Waals surface area (Å²) in [5.41, 5.74) is 0. The Kier molecular flexibility index (Phi) is 13.6. The lowest BCUT2D eigenvalue weighted by molar-refractivity contribution is -0.910. The van der Waals surface area contributed by atoms with Crippen molar-refractivity contribution in [3.63, 3.8) is 0 Å². The molecule has 0 saturated carbocycles. The molecule has 0 amide bonds. The summed E-state index contributed by atoms with van der Waals surface area (Å²) in [6, 6.07) is 0. The molecule has 0 saturated heterocycles. The fourth-order valence-corrected chi connectivity index (χ4v) is 1.27. The molecule has 0 aliphatic carbocycles. The molecule has 0 aliphatic rings. The molecule has 2 N–H and O–H groups in total. The fraction of sp³-hybridized carbons (Fsp3) is 0.909. The standard InChI is InChI=1S/C10H24NO3.CH2O3/c1-11(5-8-12-2,6-9-13-3)7-10-14-4;2-1(3)4/h5-10H2,1-4H3;(H2,2,3,4)/q+1;. The van der Waals surface area contributed by atoms with Crippen LogP contribution in [0.3, 0.4) is 0 Å². The SMILES string of the molecule is COCC[N+](C)(CCOC)CCOC.O=C(O)O. The van der Waals surface area contributed by atoms with Crippen molar-refractivity contribution in [2.24, 2.45) is 0 Å². The van der Waals surface area contributed by atoms with Crippen LogP contribution in [-0.4, -0.2) is 88.7 Å². The Morgan fingerprint density at radius 2 is 1.11 bits per heavy atom. The van der Waals surface area contributed by atoms with E-state index in [0.717, 1.165) is 43.9 Å². The molecule has 0 aromatic rings. The largest absolute Gasteiger partial charge is 0.503 e. The van der Waals surface area contributed by atoms with Gasteiger partial charge in [-0.1, -0.05) is 0 Å². The van der Waals surface area contributed by atoms with E-state index in [4.69, 9.17) is 29.2 Å². The first-order valence-corrected chi connectivity index (χ1v) is 5.64. The van der Waals surface area contributed by atoms with Crippen LogP contribution < -0.4 is 0 Å². The number of quaternary nitrogens is 1. The Labute approximate surface area is 108 Å². The van der Waals surface area contributed by atoms with Crippen molar-refractivity contribution in [1.29, 1.82) is 0 Å². The van der Waals surface area contributed by atoms with Gasteiger partial charge in [-0.3, -0.25) is 0 Å². The van der Waals surface area contributed by atoms with Gasteiger partial charge in [0, 0.05) is 21.3 Å². The van der Waals surface area contributed by atoms with E-state index in [9.17, 15) is 0 Å². The molecule has 0 radical (unpaired) electrons. The molecular weight excluding hydrogens is 242 g/mol. The minimum Gasteiger partial charge on any atom is -0.450 e. The molecule has 0 atom stereocenters. The zero-order valence-electron chi connectivity index (χ0n) is 11.7. The maximum absolute atomic E-state index is 8.56. The van der Waals surface area contributed by atoms with Crippen molar-refractivity contribution in [1.82, 2.24) is 0 Å². The van der Waals surface area contributed by atoms with Crippen LogP contribution in [0.1, 0.15) is 0 Å². The number of rotatable bonds is 9. The Balaban J connectivity index is 0. The molecule has 0 unspecified atom stereocenters. The molecule has 7 heteroatoms. The average Bonchev–Trinajstić information content (AvgIpc) is 2.31. The summed E-state index contributed by atoms with van der Waals surface area (Å²) in [5, 5.41) is 13.9. The number of hydrogen-bond donors (Lipinski definition) is 2. The first-order chi connectivity index (χ1) is 8.41. The summed E-state index contributed by atoms with van der Waals surface area (Å²) in [6.45, 7) is 5.35. The van der Waals surface area contributed by atoms with E-state index >= 15 is 0 Å². The highest BCUT2D eigenvalue weighted by molar-refractivity contribution is 5.53. The number of methoxy groups -OCH3 is 3. The zero-order chi connectivity index (χ0) is 14.4. The fourth-order valence-electron chi connectivity index (χ4n) is 1.27. The van der Waals surface area contributed by atoms with Crippen molar-refractivity contribution in [3.8, 4) is 0 Å². The van der Waals surface area contributed by atoms with Crippen molar-refractivity contribution >= 4 is 6.16 Å². The van der Waals surface area contributed by atoms with Crippen LogP contribution in [-0.2, 0) is 14.2 Å². The zero-order valence-corrected chi connectivity index (χ0v) is 11.7. The monoisotopic (exact) mass is 268 g/mol. The van der Waals surface area contributed by atoms with Crippen LogP contribution in [0.4, 0.5) is 4.79 Å². The smallest absolute Gasteiger partial charge is 0.450 e. The van der Waals surface area contributed by atoms with Crippen LogP contribution in [0.25, 0.3) is 0 Å². The number of nitrogens with zero attached hydrogens (tertiary/aromatic N) is 1. The molecule has 18 heavy (non-hydrogen) atoms. The molecular formula is C11H26NO6+. The molecule has 0 bridgehead atoms. The van der Waals surface area contributed by atoms with Gasteiger partial charge in [0.15, 0.2) is 0 Å². The van der Waals surface area contributed by atoms with E-state index in [0.29, 0.717) is 0 Å². The quantitative estimate of drug-likeness (QED) is 0.595. The highest BCUT2D eigenvalue weighted by Gasteiger charge is 2.20. The summed E-state index contributed by atoms with van der Waals surface area (Å²) in [6.07, 6.45) is -1.83. The Morgan fingerprint density at radius 3 is 1.28 bits per heavy atom. The summed E-state index contributed by atoms with van der Waals surface area (Å²) < 4.78 is 16.2. The van der Waals surface area contributed by atoms with E-state index < -0.39 is 6.16 Å². The van der Waals surface area contributed by atoms with Gasteiger partial charge >= 0.3 is 6.16 Å². The van der Waals surface area contributed by atoms with Gasteiger partial charge in [-0.05, 0) is 0 Å². The van der Waals surface area contributed by atoms with Gasteiger partial charge in [0.25, 0.3) is 0 Å². The second-order valence-corrected chi connectivity index (χ2v) is 4.05. The molecule has 110 valence electrons. The molecule has 0 fully saturated rings. The van der Waals surface area contributed by atoms with Gasteiger partial charge in [-0.2, -0.15) is 0 Å². The van der Waals surface area contributed by atoms with Crippen molar-refractivity contribution in [2.45, 2.75) is 0 Å². The maximum Gasteiger partial charge on any atom is 0.503 e. The van der Waals surface area contributed by atoms with Crippen LogP contribution in [0.5, 0.6) is 0 Å². The van der Waals surface area contributed by atoms with Crippen LogP contribution >= 0.6 is 0 Å². The minimum atomic E-state index is -1.83. The second-order valence-electron chi connectivity index (χ2n) is 4.05. The first kappa shape index (κ1) is 19.4. The van der Waals surface area contributed by atoms with Gasteiger partial charge in [0.2, 0.25) is 0 Å². The van der Waals surface area contributed by atoms with E-state index in [2.05, 4.69) is 7.05 Å². The Morgan fingerprint density at radius 1 is 0.889 bits per heavy atom. The van der Waals surface area contributed by atoms with Crippen molar-refractivity contribution in [3.05, 3.63) is 0 Å². The summed E-state index contributed by atoms with van der Waals surface area (Å²) in [7, 11) is 7.40. The highest BCUT2D eigenvalue weighted by atomic mass is 16.6. The summed E-state index contributed by atoms with van der Waals surface area (Å²) in [4.78, 5) is 8.56. The van der Waals surface area contributed by atoms with E-state index in [1.165, 1.54) is 0 Å². The predicted molar refractivity (Wildman–Crippen MR) is 67.1 cm³/mol. The normalized spacial score (nSPS) is 10.7. The van der Waals surface area contributed by atoms with Crippen LogP contribution in [0, 0.1) is 0 Å². The third kappa shape index (κ3) is 15.1. The lowest BCUT2D eigenvalue weighted by atomic mass is 10.3. The number of carbonyl (C=O) groups is 1. The maximum atomic E-state index is 8.56. The molecule has 0 heterocycles. The van der Waals surface area contributed by atoms with Gasteiger partial charge in [0.05, 0.1) is 26.9 Å². The number of hydrogen-bond acceptors (Lipinski definition) is 4. The topological polar surface area (TPSA) is 85.2 Å². The summed E-state index contributed by atoms with van der Waals surface area (Å²) >= 11 is 0. The van der Waals surface area contributed by atoms with Crippen molar-refractivity contribution < 1.29 is 33.7 Å². The molecule has 0 aromatic carbocycles. The lowest BCUT2D eigenvalue weighted by Crippen LogP contribution is -2.50. The Bertz CT molecular complexity index is 174. The van der Waals surface area contributed by atoms with Crippen LogP contribution in [0.2, 0.25) is 0 Å². The number of carboxylic acid groups (broad SMARTS) is 2. The lowest BCUT2D eigenvalue weighted by Gasteiger charge is -2.33. The van der Waals surface area contributed by atoms with Gasteiger partial charge in [-0.15, -0.1) is 0 Å². The second kappa shape index (κ2) is 12.6. The van der Waals surface area contributed by atoms with E-state index in [1.54, 1.807) is 21.3 Å².